The first-order valence-corrected chi connectivity index (χ1v) is 8.26. The number of ketones is 1. The number of ether oxygens (including phenoxy) is 2. The lowest BCUT2D eigenvalue weighted by atomic mass is 10.1. The molecule has 0 aromatic heterocycles. The molecule has 0 saturated carbocycles. The lowest BCUT2D eigenvalue weighted by Gasteiger charge is -2.13. The number of hydrogen-bond acceptors (Lipinski definition) is 3. The number of carbonyl (C=O) groups excluding carboxylic acids is 1. The molecule has 0 N–H and O–H groups in total. The summed E-state index contributed by atoms with van der Waals surface area (Å²) in [5.41, 5.74) is 1.07. The Morgan fingerprint density at radius 1 is 0.960 bits per heavy atom. The Bertz CT molecular complexity index is 672. The lowest BCUT2D eigenvalue weighted by molar-refractivity contribution is -0.141. The topological polar surface area (TPSA) is 35.5 Å². The molecule has 0 aliphatic heterocycles. The number of Topliss-reactive ketones (excluding diaryl/α,β-unsaturated/α-hetero) is 1. The van der Waals surface area contributed by atoms with E-state index in [2.05, 4.69) is 0 Å². The monoisotopic (exact) mass is 348 g/mol. The van der Waals surface area contributed by atoms with Gasteiger partial charge in [-0.2, -0.15) is 8.78 Å². The van der Waals surface area contributed by atoms with Gasteiger partial charge in [-0.05, 0) is 30.5 Å². The van der Waals surface area contributed by atoms with Crippen LogP contribution < -0.4 is 9.47 Å². The van der Waals surface area contributed by atoms with Crippen LogP contribution in [0, 0.1) is 0 Å². The number of benzene rings is 2. The first-order valence-electron chi connectivity index (χ1n) is 8.26. The minimum Gasteiger partial charge on any atom is -0.493 e. The summed E-state index contributed by atoms with van der Waals surface area (Å²) in [5.74, 6) is -3.00. The van der Waals surface area contributed by atoms with Crippen LogP contribution in [0.1, 0.15) is 31.7 Å². The van der Waals surface area contributed by atoms with Crippen LogP contribution in [0.4, 0.5) is 8.78 Å². The quantitative estimate of drug-likeness (QED) is 0.564. The Morgan fingerprint density at radius 2 is 1.64 bits per heavy atom. The van der Waals surface area contributed by atoms with Gasteiger partial charge in [-0.1, -0.05) is 36.4 Å². The predicted molar refractivity (Wildman–Crippen MR) is 92.2 cm³/mol. The molecular weight excluding hydrogens is 326 g/mol. The van der Waals surface area contributed by atoms with Crippen molar-refractivity contribution in [3.63, 3.8) is 0 Å². The van der Waals surface area contributed by atoms with Crippen molar-refractivity contribution in [1.29, 1.82) is 0 Å². The van der Waals surface area contributed by atoms with Gasteiger partial charge < -0.3 is 9.47 Å². The third-order valence-corrected chi connectivity index (χ3v) is 3.72. The van der Waals surface area contributed by atoms with Crippen LogP contribution in [0.3, 0.4) is 0 Å². The number of halogens is 2. The molecule has 0 saturated heterocycles. The molecule has 0 radical (unpaired) electrons. The van der Waals surface area contributed by atoms with Crippen molar-refractivity contribution >= 4 is 5.78 Å². The molecule has 2 rings (SSSR count). The van der Waals surface area contributed by atoms with Crippen molar-refractivity contribution in [1.82, 2.24) is 0 Å². The average molecular weight is 348 g/mol. The summed E-state index contributed by atoms with van der Waals surface area (Å²) < 4.78 is 37.6. The number of rotatable bonds is 10. The van der Waals surface area contributed by atoms with E-state index in [1.54, 1.807) is 12.1 Å². The van der Waals surface area contributed by atoms with Crippen molar-refractivity contribution < 1.29 is 23.0 Å². The molecule has 3 nitrogen and oxygen atoms in total. The highest BCUT2D eigenvalue weighted by Crippen LogP contribution is 2.23. The van der Waals surface area contributed by atoms with Gasteiger partial charge in [0.25, 0.3) is 0 Å². The van der Waals surface area contributed by atoms with Crippen molar-refractivity contribution in [3.05, 3.63) is 60.2 Å². The van der Waals surface area contributed by atoms with Gasteiger partial charge in [0, 0.05) is 19.4 Å². The first-order chi connectivity index (χ1) is 12.0. The molecular formula is C20H22F2O3. The van der Waals surface area contributed by atoms with Gasteiger partial charge in [0.1, 0.15) is 18.1 Å². The molecule has 0 atom stereocenters. The number of hydrogen-bond donors (Lipinski definition) is 0. The molecule has 0 spiro atoms. The van der Waals surface area contributed by atoms with E-state index >= 15 is 0 Å². The minimum absolute atomic E-state index is 0.233. The molecule has 0 aliphatic carbocycles. The molecule has 5 heteroatoms. The Labute approximate surface area is 146 Å². The van der Waals surface area contributed by atoms with Crippen LogP contribution in [0.2, 0.25) is 0 Å². The largest absolute Gasteiger partial charge is 0.493 e. The zero-order valence-electron chi connectivity index (χ0n) is 14.2. The van der Waals surface area contributed by atoms with E-state index in [0.29, 0.717) is 31.1 Å². The Balaban J connectivity index is 1.73. The van der Waals surface area contributed by atoms with Crippen molar-refractivity contribution in [2.45, 2.75) is 38.7 Å². The Hall–Kier alpha value is -2.43. The van der Waals surface area contributed by atoms with Crippen LogP contribution >= 0.6 is 0 Å². The summed E-state index contributed by atoms with van der Waals surface area (Å²) in [4.78, 5) is 10.8. The normalized spacial score (nSPS) is 11.2. The summed E-state index contributed by atoms with van der Waals surface area (Å²) in [5, 5.41) is 0. The fourth-order valence-corrected chi connectivity index (χ4v) is 2.21. The van der Waals surface area contributed by atoms with Crippen molar-refractivity contribution in [2.24, 2.45) is 0 Å². The third kappa shape index (κ3) is 6.53. The van der Waals surface area contributed by atoms with Gasteiger partial charge >= 0.3 is 5.92 Å². The van der Waals surface area contributed by atoms with Gasteiger partial charge in [0.15, 0.2) is 5.78 Å². The summed E-state index contributed by atoms with van der Waals surface area (Å²) in [6.45, 7) is 1.69. The maximum atomic E-state index is 13.2. The van der Waals surface area contributed by atoms with Crippen molar-refractivity contribution in [3.8, 4) is 11.5 Å². The highest BCUT2D eigenvalue weighted by Gasteiger charge is 2.33. The SMILES string of the molecule is CC(=O)C(F)(F)CCCCOc1cccc(OCc2ccccc2)c1. The van der Waals surface area contributed by atoms with Gasteiger partial charge in [-0.3, -0.25) is 4.79 Å². The molecule has 0 bridgehead atoms. The number of carbonyl (C=O) groups is 1. The summed E-state index contributed by atoms with van der Waals surface area (Å²) in [6.07, 6.45) is 0.251. The predicted octanol–water partition coefficient (Wildman–Crippen LogP) is 5.04. The molecule has 0 aliphatic rings. The van der Waals surface area contributed by atoms with E-state index < -0.39 is 18.1 Å². The lowest BCUT2D eigenvalue weighted by Crippen LogP contribution is -2.25. The van der Waals surface area contributed by atoms with E-state index in [0.717, 1.165) is 12.5 Å². The second-order valence-corrected chi connectivity index (χ2v) is 5.82. The van der Waals surface area contributed by atoms with Crippen LogP contribution in [0.15, 0.2) is 54.6 Å². The standard InChI is InChI=1S/C20H22F2O3/c1-16(23)20(21,22)12-5-6-13-24-18-10-7-11-19(14-18)25-15-17-8-3-2-4-9-17/h2-4,7-11,14H,5-6,12-13,15H2,1H3. The second kappa shape index (κ2) is 9.16. The molecule has 2 aromatic rings. The summed E-state index contributed by atoms with van der Waals surface area (Å²) >= 11 is 0. The maximum absolute atomic E-state index is 13.2. The molecule has 0 heterocycles. The van der Waals surface area contributed by atoms with E-state index in [1.165, 1.54) is 0 Å². The van der Waals surface area contributed by atoms with Crippen molar-refractivity contribution in [2.75, 3.05) is 6.61 Å². The van der Waals surface area contributed by atoms with Crippen LogP contribution in [0.5, 0.6) is 11.5 Å². The fraction of sp³-hybridized carbons (Fsp3) is 0.350. The zero-order valence-corrected chi connectivity index (χ0v) is 14.2. The summed E-state index contributed by atoms with van der Waals surface area (Å²) in [7, 11) is 0. The molecule has 0 fully saturated rings. The maximum Gasteiger partial charge on any atom is 0.304 e. The highest BCUT2D eigenvalue weighted by atomic mass is 19.3. The molecule has 0 unspecified atom stereocenters. The molecule has 134 valence electrons. The van der Waals surface area contributed by atoms with Gasteiger partial charge in [-0.15, -0.1) is 0 Å². The zero-order chi connectivity index (χ0) is 18.1. The average Bonchev–Trinajstić information content (AvgIpc) is 2.61. The molecule has 0 amide bonds. The molecule has 25 heavy (non-hydrogen) atoms. The van der Waals surface area contributed by atoms with Gasteiger partial charge in [0.05, 0.1) is 6.61 Å². The smallest absolute Gasteiger partial charge is 0.304 e. The van der Waals surface area contributed by atoms with Gasteiger partial charge in [-0.25, -0.2) is 0 Å². The van der Waals surface area contributed by atoms with E-state index in [-0.39, 0.29) is 6.42 Å². The van der Waals surface area contributed by atoms with E-state index in [9.17, 15) is 13.6 Å². The first kappa shape index (κ1) is 18.9. The second-order valence-electron chi connectivity index (χ2n) is 5.82. The van der Waals surface area contributed by atoms with E-state index in [4.69, 9.17) is 9.47 Å². The van der Waals surface area contributed by atoms with E-state index in [1.807, 2.05) is 42.5 Å². The van der Waals surface area contributed by atoms with Crippen LogP contribution in [0.25, 0.3) is 0 Å². The third-order valence-electron chi connectivity index (χ3n) is 3.72. The Morgan fingerprint density at radius 3 is 2.32 bits per heavy atom. The fourth-order valence-electron chi connectivity index (χ4n) is 2.21. The Kier molecular flexibility index (Phi) is 6.92. The van der Waals surface area contributed by atoms with Crippen LogP contribution in [-0.2, 0) is 11.4 Å². The minimum atomic E-state index is -3.23. The highest BCUT2D eigenvalue weighted by molar-refractivity contribution is 5.82. The van der Waals surface area contributed by atoms with Gasteiger partial charge in [0.2, 0.25) is 0 Å². The number of unbranched alkanes of at least 4 members (excludes halogenated alkanes) is 1. The summed E-state index contributed by atoms with van der Waals surface area (Å²) in [6, 6.07) is 17.0. The van der Waals surface area contributed by atoms with Crippen LogP contribution in [-0.4, -0.2) is 18.3 Å². The molecule has 2 aromatic carbocycles. The number of alkyl halides is 2.